The third-order valence-electron chi connectivity index (χ3n) is 3.35. The largest absolute Gasteiger partial charge is 0.294 e. The number of nitrogens with zero attached hydrogens (tertiary/aromatic N) is 2. The normalized spacial score (nSPS) is 10.9. The molecule has 0 aliphatic heterocycles. The monoisotopic (exact) mass is 354 g/mol. The van der Waals surface area contributed by atoms with Gasteiger partial charge in [-0.2, -0.15) is 5.10 Å². The molecule has 0 spiro atoms. The fourth-order valence-electron chi connectivity index (χ4n) is 2.23. The first-order chi connectivity index (χ1) is 9.31. The summed E-state index contributed by atoms with van der Waals surface area (Å²) >= 11 is 9.70. The lowest BCUT2D eigenvalue weighted by Gasteiger charge is -2.08. The van der Waals surface area contributed by atoms with Crippen molar-refractivity contribution in [3.8, 4) is 0 Å². The first kappa shape index (κ1) is 15.3. The summed E-state index contributed by atoms with van der Waals surface area (Å²) in [4.78, 5) is 12.4. The van der Waals surface area contributed by atoms with Gasteiger partial charge in [-0.1, -0.05) is 27.5 Å². The van der Waals surface area contributed by atoms with Crippen LogP contribution in [0.3, 0.4) is 0 Å². The number of aryl methyl sites for hydroxylation is 4. The molecule has 0 radical (unpaired) electrons. The topological polar surface area (TPSA) is 34.9 Å². The molecule has 1 aromatic carbocycles. The van der Waals surface area contributed by atoms with Gasteiger partial charge < -0.3 is 0 Å². The Hall–Kier alpha value is -1.13. The number of ketones is 1. The van der Waals surface area contributed by atoms with Crippen LogP contribution in [0.4, 0.5) is 0 Å². The SMILES string of the molecule is Cc1cc(C(=O)Cc2c(Cl)c(C)nn2C)cc(C)c1Br. The van der Waals surface area contributed by atoms with Gasteiger partial charge in [0.05, 0.1) is 22.8 Å². The van der Waals surface area contributed by atoms with Gasteiger partial charge in [-0.25, -0.2) is 0 Å². The maximum Gasteiger partial charge on any atom is 0.168 e. The molecule has 0 aliphatic rings. The van der Waals surface area contributed by atoms with E-state index in [9.17, 15) is 4.79 Å². The number of Topliss-reactive ketones (excluding diaryl/α,β-unsaturated/α-hetero) is 1. The lowest BCUT2D eigenvalue weighted by molar-refractivity contribution is 0.0990. The molecule has 5 heteroatoms. The molecule has 0 aliphatic carbocycles. The lowest BCUT2D eigenvalue weighted by Crippen LogP contribution is -2.09. The standard InChI is InChI=1S/C15H16BrClN2O/c1-8-5-11(6-9(2)14(8)16)13(20)7-12-15(17)10(3)18-19(12)4/h5-6H,7H2,1-4H3. The Kier molecular flexibility index (Phi) is 4.35. The van der Waals surface area contributed by atoms with Crippen LogP contribution < -0.4 is 0 Å². The van der Waals surface area contributed by atoms with E-state index in [-0.39, 0.29) is 12.2 Å². The molecule has 20 heavy (non-hydrogen) atoms. The van der Waals surface area contributed by atoms with Crippen LogP contribution in [-0.4, -0.2) is 15.6 Å². The molecule has 0 N–H and O–H groups in total. The van der Waals surface area contributed by atoms with Crippen molar-refractivity contribution in [3.63, 3.8) is 0 Å². The Morgan fingerprint density at radius 3 is 2.30 bits per heavy atom. The highest BCUT2D eigenvalue weighted by molar-refractivity contribution is 9.10. The molecule has 0 saturated carbocycles. The van der Waals surface area contributed by atoms with E-state index in [2.05, 4.69) is 21.0 Å². The van der Waals surface area contributed by atoms with Crippen molar-refractivity contribution in [1.29, 1.82) is 0 Å². The number of carbonyl (C=O) groups is 1. The van der Waals surface area contributed by atoms with Gasteiger partial charge in [0.1, 0.15) is 0 Å². The van der Waals surface area contributed by atoms with Crippen molar-refractivity contribution in [2.24, 2.45) is 7.05 Å². The van der Waals surface area contributed by atoms with Crippen LogP contribution in [-0.2, 0) is 13.5 Å². The summed E-state index contributed by atoms with van der Waals surface area (Å²) in [5.74, 6) is 0.0496. The van der Waals surface area contributed by atoms with Gasteiger partial charge in [0, 0.05) is 17.1 Å². The van der Waals surface area contributed by atoms with E-state index in [1.54, 1.807) is 11.7 Å². The molecule has 106 valence electrons. The summed E-state index contributed by atoms with van der Waals surface area (Å²) in [7, 11) is 1.81. The summed E-state index contributed by atoms with van der Waals surface area (Å²) in [5, 5.41) is 4.81. The fraction of sp³-hybridized carbons (Fsp3) is 0.333. The Labute approximate surface area is 132 Å². The molecule has 0 amide bonds. The summed E-state index contributed by atoms with van der Waals surface area (Å²) in [6.07, 6.45) is 0.261. The number of rotatable bonds is 3. The van der Waals surface area contributed by atoms with E-state index >= 15 is 0 Å². The molecule has 2 rings (SSSR count). The third-order valence-corrected chi connectivity index (χ3v) is 5.09. The molecule has 1 aromatic heterocycles. The van der Waals surface area contributed by atoms with E-state index in [4.69, 9.17) is 11.6 Å². The van der Waals surface area contributed by atoms with Gasteiger partial charge in [-0.15, -0.1) is 0 Å². The lowest BCUT2D eigenvalue weighted by atomic mass is 10.0. The van der Waals surface area contributed by atoms with Crippen LogP contribution in [0.2, 0.25) is 5.02 Å². The van der Waals surface area contributed by atoms with Crippen molar-refractivity contribution in [2.45, 2.75) is 27.2 Å². The van der Waals surface area contributed by atoms with Crippen molar-refractivity contribution in [3.05, 3.63) is 49.7 Å². The minimum Gasteiger partial charge on any atom is -0.294 e. The van der Waals surface area contributed by atoms with Crippen LogP contribution in [0.25, 0.3) is 0 Å². The fourth-order valence-corrected chi connectivity index (χ4v) is 2.69. The predicted octanol–water partition coefficient (Wildman–Crippen LogP) is 4.19. The Balaban J connectivity index is 2.33. The van der Waals surface area contributed by atoms with Gasteiger partial charge in [-0.05, 0) is 44.0 Å². The summed E-state index contributed by atoms with van der Waals surface area (Å²) < 4.78 is 2.72. The minimum atomic E-state index is 0.0496. The van der Waals surface area contributed by atoms with E-state index < -0.39 is 0 Å². The van der Waals surface area contributed by atoms with Crippen LogP contribution in [0.15, 0.2) is 16.6 Å². The maximum absolute atomic E-state index is 12.4. The average Bonchev–Trinajstić information content (AvgIpc) is 2.62. The number of carbonyl (C=O) groups excluding carboxylic acids is 1. The van der Waals surface area contributed by atoms with Crippen LogP contribution in [0, 0.1) is 20.8 Å². The number of aromatic nitrogens is 2. The molecule has 1 heterocycles. The second-order valence-electron chi connectivity index (χ2n) is 4.99. The quantitative estimate of drug-likeness (QED) is 0.774. The number of halogens is 2. The molecule has 0 bridgehead atoms. The van der Waals surface area contributed by atoms with Crippen molar-refractivity contribution >= 4 is 33.3 Å². The predicted molar refractivity (Wildman–Crippen MR) is 84.6 cm³/mol. The molecule has 0 atom stereocenters. The van der Waals surface area contributed by atoms with Crippen molar-refractivity contribution < 1.29 is 4.79 Å². The summed E-state index contributed by atoms with van der Waals surface area (Å²) in [5.41, 5.74) is 4.33. The first-order valence-corrected chi connectivity index (χ1v) is 7.46. The number of hydrogen-bond acceptors (Lipinski definition) is 2. The van der Waals surface area contributed by atoms with Gasteiger partial charge in [0.25, 0.3) is 0 Å². The van der Waals surface area contributed by atoms with Crippen LogP contribution in [0.1, 0.15) is 32.9 Å². The van der Waals surface area contributed by atoms with Gasteiger partial charge in [0.15, 0.2) is 5.78 Å². The molecule has 0 fully saturated rings. The molecule has 2 aromatic rings. The van der Waals surface area contributed by atoms with E-state index in [0.717, 1.165) is 27.0 Å². The Morgan fingerprint density at radius 1 is 1.30 bits per heavy atom. The highest BCUT2D eigenvalue weighted by Gasteiger charge is 2.17. The second-order valence-corrected chi connectivity index (χ2v) is 6.16. The minimum absolute atomic E-state index is 0.0496. The maximum atomic E-state index is 12.4. The average molecular weight is 356 g/mol. The van der Waals surface area contributed by atoms with E-state index in [1.165, 1.54) is 0 Å². The zero-order valence-electron chi connectivity index (χ0n) is 11.9. The molecular weight excluding hydrogens is 340 g/mol. The van der Waals surface area contributed by atoms with Crippen molar-refractivity contribution in [2.75, 3.05) is 0 Å². The smallest absolute Gasteiger partial charge is 0.168 e. The highest BCUT2D eigenvalue weighted by Crippen LogP contribution is 2.25. The van der Waals surface area contributed by atoms with Crippen LogP contribution >= 0.6 is 27.5 Å². The third kappa shape index (κ3) is 2.81. The number of benzene rings is 1. The van der Waals surface area contributed by atoms with Gasteiger partial charge in [0.2, 0.25) is 0 Å². The van der Waals surface area contributed by atoms with E-state index in [0.29, 0.717) is 10.6 Å². The molecular formula is C15H16BrClN2O. The summed E-state index contributed by atoms with van der Waals surface area (Å²) in [6.45, 7) is 5.80. The zero-order chi connectivity index (χ0) is 15.0. The first-order valence-electron chi connectivity index (χ1n) is 6.29. The number of hydrogen-bond donors (Lipinski definition) is 0. The summed E-state index contributed by atoms with van der Waals surface area (Å²) in [6, 6.07) is 3.80. The van der Waals surface area contributed by atoms with Crippen molar-refractivity contribution in [1.82, 2.24) is 9.78 Å². The second kappa shape index (κ2) is 5.70. The molecule has 0 unspecified atom stereocenters. The van der Waals surface area contributed by atoms with Crippen LogP contribution in [0.5, 0.6) is 0 Å². The Bertz CT molecular complexity index is 668. The molecule has 3 nitrogen and oxygen atoms in total. The van der Waals surface area contributed by atoms with Gasteiger partial charge in [-0.3, -0.25) is 9.48 Å². The Morgan fingerprint density at radius 2 is 1.85 bits per heavy atom. The van der Waals surface area contributed by atoms with Gasteiger partial charge >= 0.3 is 0 Å². The molecule has 0 saturated heterocycles. The highest BCUT2D eigenvalue weighted by atomic mass is 79.9. The van der Waals surface area contributed by atoms with E-state index in [1.807, 2.05) is 32.9 Å². The zero-order valence-corrected chi connectivity index (χ0v) is 14.3.